The third-order valence-corrected chi connectivity index (χ3v) is 3.94. The normalized spacial score (nSPS) is 12.8. The number of halogens is 1. The Morgan fingerprint density at radius 3 is 2.61 bits per heavy atom. The molecule has 0 fully saturated rings. The molecule has 0 saturated heterocycles. The van der Waals surface area contributed by atoms with Crippen molar-refractivity contribution in [1.29, 1.82) is 0 Å². The number of aromatic amines is 1. The van der Waals surface area contributed by atoms with E-state index in [1.807, 2.05) is 19.9 Å². The number of ether oxygens (including phenoxy) is 1. The molecule has 1 heterocycles. The van der Waals surface area contributed by atoms with E-state index in [-0.39, 0.29) is 11.9 Å². The lowest BCUT2D eigenvalue weighted by Crippen LogP contribution is -2.07. The van der Waals surface area contributed by atoms with Crippen molar-refractivity contribution in [2.45, 2.75) is 39.7 Å². The lowest BCUT2D eigenvalue weighted by molar-refractivity contribution is 0.215. The first-order valence-electron chi connectivity index (χ1n) is 7.86. The van der Waals surface area contributed by atoms with Crippen LogP contribution < -0.4 is 4.74 Å². The first-order chi connectivity index (χ1) is 10.9. The first-order valence-corrected chi connectivity index (χ1v) is 7.86. The Morgan fingerprint density at radius 2 is 1.87 bits per heavy atom. The number of aryl methyl sites for hydroxylation is 1. The lowest BCUT2D eigenvalue weighted by Gasteiger charge is -2.18. The summed E-state index contributed by atoms with van der Waals surface area (Å²) in [5.41, 5.74) is 3.75. The number of H-pyrrole nitrogens is 1. The summed E-state index contributed by atoms with van der Waals surface area (Å²) in [6.07, 6.45) is -0.246. The number of nitrogens with zero attached hydrogens (tertiary/aromatic N) is 1. The molecular formula is C19H21FN2O. The Balaban J connectivity index is 1.91. The van der Waals surface area contributed by atoms with Crippen LogP contribution in [0.1, 0.15) is 49.7 Å². The van der Waals surface area contributed by atoms with Crippen molar-refractivity contribution < 1.29 is 9.13 Å². The Morgan fingerprint density at radius 1 is 1.09 bits per heavy atom. The lowest BCUT2D eigenvalue weighted by atomic mass is 10.0. The van der Waals surface area contributed by atoms with Crippen molar-refractivity contribution in [1.82, 2.24) is 9.97 Å². The van der Waals surface area contributed by atoms with Gasteiger partial charge in [-0.1, -0.05) is 26.0 Å². The minimum Gasteiger partial charge on any atom is -0.483 e. The summed E-state index contributed by atoms with van der Waals surface area (Å²) >= 11 is 0. The second kappa shape index (κ2) is 6.03. The van der Waals surface area contributed by atoms with Crippen LogP contribution in [-0.2, 0) is 0 Å². The second-order valence-electron chi connectivity index (χ2n) is 6.24. The van der Waals surface area contributed by atoms with Crippen LogP contribution in [0, 0.1) is 12.7 Å². The third-order valence-electron chi connectivity index (χ3n) is 3.94. The van der Waals surface area contributed by atoms with Crippen molar-refractivity contribution in [2.24, 2.45) is 0 Å². The van der Waals surface area contributed by atoms with Gasteiger partial charge in [0.25, 0.3) is 0 Å². The molecule has 0 radical (unpaired) electrons. The van der Waals surface area contributed by atoms with E-state index in [9.17, 15) is 4.39 Å². The SMILES string of the molecule is Cc1ccc(C(C)C)c(OC(C)c2nc3ccc(F)cc3[nH]2)c1. The zero-order chi connectivity index (χ0) is 16.6. The predicted octanol–water partition coefficient (Wildman–Crippen LogP) is 5.27. The van der Waals surface area contributed by atoms with E-state index >= 15 is 0 Å². The fourth-order valence-corrected chi connectivity index (χ4v) is 2.66. The summed E-state index contributed by atoms with van der Waals surface area (Å²) in [5, 5.41) is 0. The van der Waals surface area contributed by atoms with Crippen LogP contribution in [0.15, 0.2) is 36.4 Å². The summed E-state index contributed by atoms with van der Waals surface area (Å²) in [6, 6.07) is 10.8. The molecule has 0 aliphatic rings. The largest absolute Gasteiger partial charge is 0.483 e. The van der Waals surface area contributed by atoms with Crippen LogP contribution in [0.3, 0.4) is 0 Å². The highest BCUT2D eigenvalue weighted by Crippen LogP contribution is 2.31. The highest BCUT2D eigenvalue weighted by Gasteiger charge is 2.16. The van der Waals surface area contributed by atoms with E-state index < -0.39 is 0 Å². The molecule has 3 rings (SSSR count). The van der Waals surface area contributed by atoms with Gasteiger partial charge in [-0.3, -0.25) is 0 Å². The van der Waals surface area contributed by atoms with Gasteiger partial charge in [-0.2, -0.15) is 0 Å². The minimum absolute atomic E-state index is 0.246. The van der Waals surface area contributed by atoms with Gasteiger partial charge in [-0.15, -0.1) is 0 Å². The Hall–Kier alpha value is -2.36. The second-order valence-corrected chi connectivity index (χ2v) is 6.24. The fourth-order valence-electron chi connectivity index (χ4n) is 2.66. The number of imidazole rings is 1. The summed E-state index contributed by atoms with van der Waals surface area (Å²) in [6.45, 7) is 8.28. The fraction of sp³-hybridized carbons (Fsp3) is 0.316. The Kier molecular flexibility index (Phi) is 4.07. The topological polar surface area (TPSA) is 37.9 Å². The molecule has 3 nitrogen and oxygen atoms in total. The van der Waals surface area contributed by atoms with Gasteiger partial charge < -0.3 is 9.72 Å². The molecule has 0 spiro atoms. The van der Waals surface area contributed by atoms with Crippen LogP contribution in [0.2, 0.25) is 0 Å². The zero-order valence-corrected chi connectivity index (χ0v) is 13.9. The molecule has 0 amide bonds. The number of nitrogens with one attached hydrogen (secondary N) is 1. The van der Waals surface area contributed by atoms with Gasteiger partial charge in [0.05, 0.1) is 11.0 Å². The standard InChI is InChI=1S/C19H21FN2O/c1-11(2)15-7-5-12(3)9-18(15)23-13(4)19-21-16-8-6-14(20)10-17(16)22-19/h5-11,13H,1-4H3,(H,21,22). The van der Waals surface area contributed by atoms with Crippen LogP contribution >= 0.6 is 0 Å². The van der Waals surface area contributed by atoms with E-state index in [0.29, 0.717) is 17.3 Å². The summed E-state index contributed by atoms with van der Waals surface area (Å²) in [5.74, 6) is 1.67. The molecule has 1 N–H and O–H groups in total. The van der Waals surface area contributed by atoms with E-state index in [0.717, 1.165) is 16.8 Å². The molecule has 1 atom stereocenters. The molecule has 2 aromatic carbocycles. The first kappa shape index (κ1) is 15.5. The molecule has 0 saturated carbocycles. The molecule has 0 bridgehead atoms. The summed E-state index contributed by atoms with van der Waals surface area (Å²) in [4.78, 5) is 7.64. The van der Waals surface area contributed by atoms with Gasteiger partial charge in [0.15, 0.2) is 6.10 Å². The number of hydrogen-bond acceptors (Lipinski definition) is 2. The molecule has 1 aromatic heterocycles. The molecule has 120 valence electrons. The van der Waals surface area contributed by atoms with Crippen molar-refractivity contribution in [3.05, 3.63) is 59.2 Å². The van der Waals surface area contributed by atoms with Gasteiger partial charge in [-0.05, 0) is 55.2 Å². The van der Waals surface area contributed by atoms with Crippen LogP contribution in [0.25, 0.3) is 11.0 Å². The minimum atomic E-state index is -0.276. The number of rotatable bonds is 4. The van der Waals surface area contributed by atoms with E-state index in [1.54, 1.807) is 6.07 Å². The summed E-state index contributed by atoms with van der Waals surface area (Å²) in [7, 11) is 0. The monoisotopic (exact) mass is 312 g/mol. The molecular weight excluding hydrogens is 291 g/mol. The van der Waals surface area contributed by atoms with Gasteiger partial charge in [0.2, 0.25) is 0 Å². The number of benzene rings is 2. The van der Waals surface area contributed by atoms with Gasteiger partial charge >= 0.3 is 0 Å². The highest BCUT2D eigenvalue weighted by atomic mass is 19.1. The average Bonchev–Trinajstić information content (AvgIpc) is 2.90. The van der Waals surface area contributed by atoms with Gasteiger partial charge in [0, 0.05) is 0 Å². The van der Waals surface area contributed by atoms with Gasteiger partial charge in [-0.25, -0.2) is 9.37 Å². The molecule has 0 aliphatic heterocycles. The summed E-state index contributed by atoms with van der Waals surface area (Å²) < 4.78 is 19.4. The van der Waals surface area contributed by atoms with E-state index in [1.165, 1.54) is 17.7 Å². The predicted molar refractivity (Wildman–Crippen MR) is 90.4 cm³/mol. The molecule has 23 heavy (non-hydrogen) atoms. The Bertz CT molecular complexity index is 839. The van der Waals surface area contributed by atoms with Crippen molar-refractivity contribution in [3.8, 4) is 5.75 Å². The molecule has 4 heteroatoms. The van der Waals surface area contributed by atoms with Crippen molar-refractivity contribution >= 4 is 11.0 Å². The van der Waals surface area contributed by atoms with Crippen LogP contribution in [0.5, 0.6) is 5.75 Å². The van der Waals surface area contributed by atoms with Gasteiger partial charge in [0.1, 0.15) is 17.4 Å². The number of aromatic nitrogens is 2. The van der Waals surface area contributed by atoms with Crippen molar-refractivity contribution in [2.75, 3.05) is 0 Å². The average molecular weight is 312 g/mol. The number of fused-ring (bicyclic) bond motifs is 1. The van der Waals surface area contributed by atoms with Crippen molar-refractivity contribution in [3.63, 3.8) is 0 Å². The molecule has 0 aliphatic carbocycles. The zero-order valence-electron chi connectivity index (χ0n) is 13.9. The maximum Gasteiger partial charge on any atom is 0.153 e. The van der Waals surface area contributed by atoms with E-state index in [4.69, 9.17) is 4.74 Å². The van der Waals surface area contributed by atoms with E-state index in [2.05, 4.69) is 35.9 Å². The van der Waals surface area contributed by atoms with Crippen LogP contribution in [0.4, 0.5) is 4.39 Å². The quantitative estimate of drug-likeness (QED) is 0.712. The maximum atomic E-state index is 13.3. The molecule has 3 aromatic rings. The third kappa shape index (κ3) is 3.21. The maximum absolute atomic E-state index is 13.3. The highest BCUT2D eigenvalue weighted by molar-refractivity contribution is 5.75. The van der Waals surface area contributed by atoms with Crippen LogP contribution in [-0.4, -0.2) is 9.97 Å². The Labute approximate surface area is 135 Å². The number of hydrogen-bond donors (Lipinski definition) is 1. The molecule has 1 unspecified atom stereocenters. The smallest absolute Gasteiger partial charge is 0.153 e.